The summed E-state index contributed by atoms with van der Waals surface area (Å²) in [6, 6.07) is 10.2. The summed E-state index contributed by atoms with van der Waals surface area (Å²) >= 11 is 6.19. The molecular formula is C15H13ClO3. The van der Waals surface area contributed by atoms with E-state index in [9.17, 15) is 9.90 Å². The molecule has 0 atom stereocenters. The number of aldehydes is 1. The first-order valence-electron chi connectivity index (χ1n) is 5.87. The Kier molecular flexibility index (Phi) is 4.07. The molecule has 0 amide bonds. The van der Waals surface area contributed by atoms with Crippen molar-refractivity contribution in [3.63, 3.8) is 0 Å². The molecule has 98 valence electrons. The van der Waals surface area contributed by atoms with Gasteiger partial charge in [-0.3, -0.25) is 4.79 Å². The molecule has 2 rings (SSSR count). The Hall–Kier alpha value is -2.00. The van der Waals surface area contributed by atoms with Gasteiger partial charge in [0.25, 0.3) is 0 Å². The molecule has 0 aliphatic heterocycles. The Bertz CT molecular complexity index is 608. The van der Waals surface area contributed by atoms with Crippen molar-refractivity contribution in [3.05, 3.63) is 47.0 Å². The van der Waals surface area contributed by atoms with Gasteiger partial charge in [0, 0.05) is 11.1 Å². The molecule has 0 aliphatic carbocycles. The topological polar surface area (TPSA) is 46.5 Å². The Balaban J connectivity index is 2.50. The molecule has 0 saturated heterocycles. The summed E-state index contributed by atoms with van der Waals surface area (Å²) in [7, 11) is 0. The molecule has 4 heteroatoms. The van der Waals surface area contributed by atoms with Crippen LogP contribution in [-0.2, 0) is 0 Å². The molecule has 3 nitrogen and oxygen atoms in total. The normalized spacial score (nSPS) is 10.2. The monoisotopic (exact) mass is 276 g/mol. The second kappa shape index (κ2) is 5.76. The van der Waals surface area contributed by atoms with Crippen LogP contribution in [-0.4, -0.2) is 18.0 Å². The minimum Gasteiger partial charge on any atom is -0.507 e. The lowest BCUT2D eigenvalue weighted by Gasteiger charge is -2.10. The van der Waals surface area contributed by atoms with Crippen molar-refractivity contribution in [1.82, 2.24) is 0 Å². The van der Waals surface area contributed by atoms with Crippen molar-refractivity contribution in [2.45, 2.75) is 6.92 Å². The van der Waals surface area contributed by atoms with Gasteiger partial charge in [-0.25, -0.2) is 0 Å². The lowest BCUT2D eigenvalue weighted by molar-refractivity contribution is 0.112. The van der Waals surface area contributed by atoms with Crippen LogP contribution in [0.1, 0.15) is 17.3 Å². The zero-order valence-corrected chi connectivity index (χ0v) is 11.1. The number of benzene rings is 2. The highest BCUT2D eigenvalue weighted by Gasteiger charge is 2.12. The standard InChI is InChI=1S/C15H13ClO3/c1-2-19-11-6-7-12(14(16)8-11)13-5-3-4-10(9-17)15(13)18/h3-9,18H,2H2,1H3. The Morgan fingerprint density at radius 2 is 2.05 bits per heavy atom. The lowest BCUT2D eigenvalue weighted by Crippen LogP contribution is -1.92. The summed E-state index contributed by atoms with van der Waals surface area (Å²) < 4.78 is 5.35. The number of ether oxygens (including phenoxy) is 1. The van der Waals surface area contributed by atoms with E-state index in [0.29, 0.717) is 34.8 Å². The maximum atomic E-state index is 10.8. The predicted molar refractivity (Wildman–Crippen MR) is 75.1 cm³/mol. The van der Waals surface area contributed by atoms with Crippen LogP contribution >= 0.6 is 11.6 Å². The molecule has 0 aliphatic rings. The summed E-state index contributed by atoms with van der Waals surface area (Å²) in [5.74, 6) is 0.603. The van der Waals surface area contributed by atoms with Crippen LogP contribution in [0.4, 0.5) is 0 Å². The fraction of sp³-hybridized carbons (Fsp3) is 0.133. The molecule has 0 aromatic heterocycles. The van der Waals surface area contributed by atoms with Crippen LogP contribution < -0.4 is 4.74 Å². The number of phenolic OH excluding ortho intramolecular Hbond substituents is 1. The van der Waals surface area contributed by atoms with Crippen molar-refractivity contribution in [3.8, 4) is 22.6 Å². The van der Waals surface area contributed by atoms with Gasteiger partial charge in [0.2, 0.25) is 0 Å². The van der Waals surface area contributed by atoms with Gasteiger partial charge in [0.05, 0.1) is 17.2 Å². The average molecular weight is 277 g/mol. The molecule has 19 heavy (non-hydrogen) atoms. The summed E-state index contributed by atoms with van der Waals surface area (Å²) in [5, 5.41) is 10.5. The number of phenols is 1. The number of carbonyl (C=O) groups excluding carboxylic acids is 1. The first-order chi connectivity index (χ1) is 9.17. The van der Waals surface area contributed by atoms with Crippen molar-refractivity contribution in [2.24, 2.45) is 0 Å². The molecule has 2 aromatic carbocycles. The average Bonchev–Trinajstić information content (AvgIpc) is 2.40. The SMILES string of the molecule is CCOc1ccc(-c2cccc(C=O)c2O)c(Cl)c1. The van der Waals surface area contributed by atoms with Crippen LogP contribution in [0.15, 0.2) is 36.4 Å². The zero-order chi connectivity index (χ0) is 13.8. The second-order valence-corrected chi connectivity index (χ2v) is 4.34. The predicted octanol–water partition coefficient (Wildman–Crippen LogP) is 3.92. The molecule has 1 N–H and O–H groups in total. The highest BCUT2D eigenvalue weighted by Crippen LogP contribution is 2.37. The molecular weight excluding hydrogens is 264 g/mol. The third-order valence-corrected chi connectivity index (χ3v) is 3.05. The smallest absolute Gasteiger partial charge is 0.153 e. The van der Waals surface area contributed by atoms with E-state index >= 15 is 0 Å². The van der Waals surface area contributed by atoms with E-state index in [2.05, 4.69) is 0 Å². The van der Waals surface area contributed by atoms with Crippen molar-refractivity contribution in [2.75, 3.05) is 6.61 Å². The van der Waals surface area contributed by atoms with E-state index in [1.54, 1.807) is 36.4 Å². The van der Waals surface area contributed by atoms with Gasteiger partial charge in [0.1, 0.15) is 11.5 Å². The molecule has 0 radical (unpaired) electrons. The number of halogens is 1. The number of aromatic hydroxyl groups is 1. The number of hydrogen-bond acceptors (Lipinski definition) is 3. The summed E-state index contributed by atoms with van der Waals surface area (Å²) in [5.41, 5.74) is 1.42. The van der Waals surface area contributed by atoms with Crippen LogP contribution in [0, 0.1) is 0 Å². The molecule has 2 aromatic rings. The van der Waals surface area contributed by atoms with E-state index in [0.717, 1.165) is 0 Å². The molecule has 0 saturated carbocycles. The van der Waals surface area contributed by atoms with Crippen molar-refractivity contribution < 1.29 is 14.6 Å². The second-order valence-electron chi connectivity index (χ2n) is 3.94. The van der Waals surface area contributed by atoms with Gasteiger partial charge >= 0.3 is 0 Å². The maximum absolute atomic E-state index is 10.8. The van der Waals surface area contributed by atoms with Crippen LogP contribution in [0.3, 0.4) is 0 Å². The zero-order valence-electron chi connectivity index (χ0n) is 10.4. The van der Waals surface area contributed by atoms with Gasteiger partial charge in [-0.2, -0.15) is 0 Å². The van der Waals surface area contributed by atoms with E-state index in [-0.39, 0.29) is 11.3 Å². The fourth-order valence-corrected chi connectivity index (χ4v) is 2.12. The molecule has 0 bridgehead atoms. The molecule has 0 fully saturated rings. The molecule has 0 spiro atoms. The Morgan fingerprint density at radius 3 is 2.68 bits per heavy atom. The largest absolute Gasteiger partial charge is 0.507 e. The van der Waals surface area contributed by atoms with Gasteiger partial charge in [-0.15, -0.1) is 0 Å². The number of carbonyl (C=O) groups is 1. The first kappa shape index (κ1) is 13.4. The molecule has 0 unspecified atom stereocenters. The third-order valence-electron chi connectivity index (χ3n) is 2.74. The van der Waals surface area contributed by atoms with E-state index in [1.165, 1.54) is 0 Å². The minimum absolute atomic E-state index is 0.0661. The van der Waals surface area contributed by atoms with Crippen LogP contribution in [0.5, 0.6) is 11.5 Å². The van der Waals surface area contributed by atoms with Gasteiger partial charge in [0.15, 0.2) is 6.29 Å². The third kappa shape index (κ3) is 2.71. The van der Waals surface area contributed by atoms with Gasteiger partial charge in [-0.1, -0.05) is 23.7 Å². The number of hydrogen-bond donors (Lipinski definition) is 1. The highest BCUT2D eigenvalue weighted by molar-refractivity contribution is 6.33. The quantitative estimate of drug-likeness (QED) is 0.861. The van der Waals surface area contributed by atoms with Crippen LogP contribution in [0.2, 0.25) is 5.02 Å². The summed E-state index contributed by atoms with van der Waals surface area (Å²) in [6.07, 6.45) is 0.612. The van der Waals surface area contributed by atoms with E-state index in [4.69, 9.17) is 16.3 Å². The minimum atomic E-state index is -0.0661. The van der Waals surface area contributed by atoms with Gasteiger partial charge in [-0.05, 0) is 31.2 Å². The Morgan fingerprint density at radius 1 is 1.26 bits per heavy atom. The fourth-order valence-electron chi connectivity index (χ4n) is 1.84. The first-order valence-corrected chi connectivity index (χ1v) is 6.25. The molecule has 0 heterocycles. The number of rotatable bonds is 4. The highest BCUT2D eigenvalue weighted by atomic mass is 35.5. The van der Waals surface area contributed by atoms with Gasteiger partial charge < -0.3 is 9.84 Å². The summed E-state index contributed by atoms with van der Waals surface area (Å²) in [4.78, 5) is 10.8. The number of para-hydroxylation sites is 1. The lowest BCUT2D eigenvalue weighted by atomic mass is 10.0. The van der Waals surface area contributed by atoms with Crippen molar-refractivity contribution in [1.29, 1.82) is 0 Å². The maximum Gasteiger partial charge on any atom is 0.153 e. The summed E-state index contributed by atoms with van der Waals surface area (Å²) in [6.45, 7) is 2.45. The Labute approximate surface area is 116 Å². The van der Waals surface area contributed by atoms with Crippen molar-refractivity contribution >= 4 is 17.9 Å². The van der Waals surface area contributed by atoms with E-state index < -0.39 is 0 Å². The van der Waals surface area contributed by atoms with E-state index in [1.807, 2.05) is 6.92 Å². The van der Waals surface area contributed by atoms with Crippen LogP contribution in [0.25, 0.3) is 11.1 Å².